The van der Waals surface area contributed by atoms with Gasteiger partial charge in [-0.2, -0.15) is 26.3 Å². The van der Waals surface area contributed by atoms with Gasteiger partial charge in [0, 0.05) is 21.6 Å². The first kappa shape index (κ1) is 28.6. The lowest BCUT2D eigenvalue weighted by Gasteiger charge is -2.22. The number of nitrogens with zero attached hydrogens (tertiary/aromatic N) is 1. The minimum absolute atomic E-state index is 0.341. The van der Waals surface area contributed by atoms with Gasteiger partial charge in [0.2, 0.25) is 0 Å². The van der Waals surface area contributed by atoms with Gasteiger partial charge in [-0.05, 0) is 53.6 Å². The molecule has 0 saturated carbocycles. The van der Waals surface area contributed by atoms with Gasteiger partial charge in [0.15, 0.2) is 0 Å². The summed E-state index contributed by atoms with van der Waals surface area (Å²) in [5.41, 5.74) is 1.73. The summed E-state index contributed by atoms with van der Waals surface area (Å²) in [5.74, 6) is -3.10. The Morgan fingerprint density at radius 2 is 1.50 bits per heavy atom. The first-order valence-electron chi connectivity index (χ1n) is 10.6. The molecule has 0 bridgehead atoms. The van der Waals surface area contributed by atoms with E-state index in [1.54, 1.807) is 30.5 Å². The number of nitrogens with one attached hydrogen (secondary N) is 1. The van der Waals surface area contributed by atoms with Crippen LogP contribution in [0.5, 0.6) is 0 Å². The van der Waals surface area contributed by atoms with Gasteiger partial charge in [-0.3, -0.25) is 9.78 Å². The van der Waals surface area contributed by atoms with Gasteiger partial charge in [0.1, 0.15) is 0 Å². The zero-order valence-corrected chi connectivity index (χ0v) is 20.6. The number of carboxylic acids is 1. The van der Waals surface area contributed by atoms with Crippen molar-refractivity contribution in [3.8, 4) is 0 Å². The highest BCUT2D eigenvalue weighted by atomic mass is 79.9. The van der Waals surface area contributed by atoms with Crippen LogP contribution in [0.25, 0.3) is 10.9 Å². The minimum Gasteiger partial charge on any atom is -0.475 e. The molecule has 4 rings (SSSR count). The third-order valence-corrected chi connectivity index (χ3v) is 5.89. The Labute approximate surface area is 220 Å². The van der Waals surface area contributed by atoms with Crippen LogP contribution in [0.3, 0.4) is 0 Å². The number of carbonyl (C=O) groups excluding carboxylic acids is 1. The van der Waals surface area contributed by atoms with E-state index >= 15 is 0 Å². The van der Waals surface area contributed by atoms with Gasteiger partial charge in [-0.25, -0.2) is 4.79 Å². The van der Waals surface area contributed by atoms with Crippen molar-refractivity contribution in [3.63, 3.8) is 0 Å². The molecule has 0 aliphatic carbocycles. The number of amides is 1. The van der Waals surface area contributed by atoms with E-state index in [-0.39, 0.29) is 5.91 Å². The number of benzene rings is 3. The number of fused-ring (bicyclic) bond motifs is 1. The zero-order valence-electron chi connectivity index (χ0n) is 19.0. The number of alkyl halides is 6. The SMILES string of the molecule is O=C(N[C@@H](c1ccc(C(F)(F)F)cc1)c1ccccc1Br)c1ccc2ncccc2c1.O=C(O)C(F)(F)F. The molecule has 3 aromatic carbocycles. The van der Waals surface area contributed by atoms with Crippen molar-refractivity contribution >= 4 is 38.7 Å². The van der Waals surface area contributed by atoms with Crippen molar-refractivity contribution in [2.75, 3.05) is 0 Å². The van der Waals surface area contributed by atoms with Gasteiger partial charge in [0.25, 0.3) is 5.91 Å². The quantitative estimate of drug-likeness (QED) is 0.244. The molecule has 0 fully saturated rings. The summed E-state index contributed by atoms with van der Waals surface area (Å²) in [5, 5.41) is 10.9. The molecule has 198 valence electrons. The Morgan fingerprint density at radius 1 is 0.868 bits per heavy atom. The molecule has 38 heavy (non-hydrogen) atoms. The van der Waals surface area contributed by atoms with E-state index < -0.39 is 29.9 Å². The second-order valence-corrected chi connectivity index (χ2v) is 8.62. The van der Waals surface area contributed by atoms with Crippen LogP contribution in [-0.2, 0) is 11.0 Å². The van der Waals surface area contributed by atoms with Crippen molar-refractivity contribution in [2.45, 2.75) is 18.4 Å². The first-order chi connectivity index (χ1) is 17.8. The maximum absolute atomic E-state index is 13.1. The second-order valence-electron chi connectivity index (χ2n) is 7.76. The van der Waals surface area contributed by atoms with E-state index in [1.807, 2.05) is 30.3 Å². The number of carboxylic acid groups (broad SMARTS) is 1. The molecule has 0 unspecified atom stereocenters. The zero-order chi connectivity index (χ0) is 28.1. The molecule has 1 amide bonds. The minimum atomic E-state index is -5.08. The van der Waals surface area contributed by atoms with Crippen molar-refractivity contribution < 1.29 is 41.0 Å². The van der Waals surface area contributed by atoms with Crippen LogP contribution in [-0.4, -0.2) is 28.1 Å². The smallest absolute Gasteiger partial charge is 0.475 e. The number of rotatable bonds is 4. The molecule has 1 heterocycles. The average molecular weight is 599 g/mol. The second kappa shape index (κ2) is 11.6. The van der Waals surface area contributed by atoms with Crippen molar-refractivity contribution in [3.05, 3.63) is 112 Å². The predicted octanol–water partition coefficient (Wildman–Crippen LogP) is 7.17. The molecule has 1 aromatic heterocycles. The lowest BCUT2D eigenvalue weighted by Crippen LogP contribution is -2.29. The third kappa shape index (κ3) is 7.31. The lowest BCUT2D eigenvalue weighted by atomic mass is 9.97. The number of hydrogen-bond donors (Lipinski definition) is 2. The topological polar surface area (TPSA) is 79.3 Å². The van der Waals surface area contributed by atoms with E-state index in [4.69, 9.17) is 9.90 Å². The monoisotopic (exact) mass is 598 g/mol. The molecule has 0 aliphatic rings. The molecule has 12 heteroatoms. The van der Waals surface area contributed by atoms with Crippen LogP contribution < -0.4 is 5.32 Å². The number of aliphatic carboxylic acids is 1. The highest BCUT2D eigenvalue weighted by molar-refractivity contribution is 9.10. The average Bonchev–Trinajstić information content (AvgIpc) is 2.87. The lowest BCUT2D eigenvalue weighted by molar-refractivity contribution is -0.192. The normalized spacial score (nSPS) is 12.3. The summed E-state index contributed by atoms with van der Waals surface area (Å²) in [6.45, 7) is 0. The molecule has 1 atom stereocenters. The molecule has 0 radical (unpaired) electrons. The molecular weight excluding hydrogens is 582 g/mol. The molecule has 4 aromatic rings. The van der Waals surface area contributed by atoms with Crippen LogP contribution in [0.1, 0.15) is 33.1 Å². The Morgan fingerprint density at radius 3 is 2.08 bits per heavy atom. The van der Waals surface area contributed by atoms with Gasteiger partial charge in [-0.15, -0.1) is 0 Å². The Kier molecular flexibility index (Phi) is 8.77. The third-order valence-electron chi connectivity index (χ3n) is 5.17. The predicted molar refractivity (Wildman–Crippen MR) is 130 cm³/mol. The first-order valence-corrected chi connectivity index (χ1v) is 11.4. The molecule has 0 aliphatic heterocycles. The van der Waals surface area contributed by atoms with Gasteiger partial charge < -0.3 is 10.4 Å². The molecular formula is C26H17BrF6N2O3. The number of carbonyl (C=O) groups is 2. The van der Waals surface area contributed by atoms with Gasteiger partial charge >= 0.3 is 18.3 Å². The summed E-state index contributed by atoms with van der Waals surface area (Å²) in [4.78, 5) is 26.2. The van der Waals surface area contributed by atoms with Gasteiger partial charge in [-0.1, -0.05) is 52.3 Å². The highest BCUT2D eigenvalue weighted by Gasteiger charge is 2.38. The fraction of sp³-hybridized carbons (Fsp3) is 0.115. The standard InChI is InChI=1S/C24H16BrF3N2O.C2HF3O2/c25-20-6-2-1-5-19(20)22(15-7-10-18(11-8-15)24(26,27)28)30-23(31)17-9-12-21-16(14-17)4-3-13-29-21;3-2(4,5)1(6)7/h1-14,22H,(H,30,31);(H,6,7)/t22-;/m0./s1. The molecule has 2 N–H and O–H groups in total. The summed E-state index contributed by atoms with van der Waals surface area (Å²) in [6, 6.07) is 20.3. The van der Waals surface area contributed by atoms with E-state index in [9.17, 15) is 31.1 Å². The maximum Gasteiger partial charge on any atom is 0.490 e. The van der Waals surface area contributed by atoms with E-state index in [2.05, 4.69) is 26.2 Å². The van der Waals surface area contributed by atoms with Crippen LogP contribution in [0.15, 0.2) is 89.5 Å². The molecule has 5 nitrogen and oxygen atoms in total. The van der Waals surface area contributed by atoms with Crippen LogP contribution in [0.4, 0.5) is 26.3 Å². The van der Waals surface area contributed by atoms with Crippen molar-refractivity contribution in [2.24, 2.45) is 0 Å². The van der Waals surface area contributed by atoms with E-state index in [0.29, 0.717) is 11.1 Å². The Balaban J connectivity index is 0.000000505. The van der Waals surface area contributed by atoms with E-state index in [0.717, 1.165) is 33.1 Å². The molecule has 0 saturated heterocycles. The number of halogens is 7. The van der Waals surface area contributed by atoms with Crippen molar-refractivity contribution in [1.29, 1.82) is 0 Å². The van der Waals surface area contributed by atoms with Crippen LogP contribution in [0.2, 0.25) is 0 Å². The largest absolute Gasteiger partial charge is 0.490 e. The van der Waals surface area contributed by atoms with E-state index in [1.165, 1.54) is 12.1 Å². The summed E-state index contributed by atoms with van der Waals surface area (Å²) in [6.07, 6.45) is -7.83. The van der Waals surface area contributed by atoms with Crippen LogP contribution >= 0.6 is 15.9 Å². The number of hydrogen-bond acceptors (Lipinski definition) is 3. The van der Waals surface area contributed by atoms with Gasteiger partial charge in [0.05, 0.1) is 17.1 Å². The fourth-order valence-corrected chi connectivity index (χ4v) is 3.86. The summed E-state index contributed by atoms with van der Waals surface area (Å²) in [7, 11) is 0. The molecule has 0 spiro atoms. The fourth-order valence-electron chi connectivity index (χ4n) is 3.35. The number of aromatic nitrogens is 1. The Bertz CT molecular complexity index is 1440. The van der Waals surface area contributed by atoms with Crippen LogP contribution in [0, 0.1) is 0 Å². The highest BCUT2D eigenvalue weighted by Crippen LogP contribution is 2.33. The maximum atomic E-state index is 13.1. The Hall–Kier alpha value is -3.93. The number of pyridine rings is 1. The summed E-state index contributed by atoms with van der Waals surface area (Å²) < 4.78 is 71.4. The van der Waals surface area contributed by atoms with Crippen molar-refractivity contribution in [1.82, 2.24) is 10.3 Å². The summed E-state index contributed by atoms with van der Waals surface area (Å²) >= 11 is 3.48.